The molecule has 0 radical (unpaired) electrons. The second-order valence-corrected chi connectivity index (χ2v) is 6.20. The number of phenolic OH excluding ortho intramolecular Hbond substituents is 1. The van der Waals surface area contributed by atoms with Gasteiger partial charge in [0.2, 0.25) is 0 Å². The molecule has 2 aromatic rings. The molecular formula is C21H28O6. The Morgan fingerprint density at radius 3 is 1.70 bits per heavy atom. The Bertz CT molecular complexity index is 725. The maximum Gasteiger partial charge on any atom is 0.164 e. The zero-order valence-corrected chi connectivity index (χ0v) is 16.7. The van der Waals surface area contributed by atoms with Crippen LogP contribution in [0.5, 0.6) is 28.7 Å². The highest BCUT2D eigenvalue weighted by atomic mass is 16.5. The Kier molecular flexibility index (Phi) is 8.99. The molecule has 0 aromatic heterocycles. The fourth-order valence-corrected chi connectivity index (χ4v) is 2.12. The van der Waals surface area contributed by atoms with Crippen LogP contribution in [0.15, 0.2) is 36.4 Å². The Hall–Kier alpha value is -2.89. The van der Waals surface area contributed by atoms with Gasteiger partial charge in [0.25, 0.3) is 0 Å². The number of methoxy groups -OCH3 is 2. The summed E-state index contributed by atoms with van der Waals surface area (Å²) in [6.45, 7) is 7.75. The zero-order chi connectivity index (χ0) is 20.4. The van der Waals surface area contributed by atoms with Gasteiger partial charge in [-0.1, -0.05) is 0 Å². The second kappa shape index (κ2) is 11.0. The monoisotopic (exact) mass is 376 g/mol. The molecule has 0 amide bonds. The molecule has 0 aliphatic heterocycles. The van der Waals surface area contributed by atoms with Crippen molar-refractivity contribution in [2.24, 2.45) is 0 Å². The molecule has 0 aliphatic carbocycles. The van der Waals surface area contributed by atoms with Crippen LogP contribution in [0.2, 0.25) is 0 Å². The van der Waals surface area contributed by atoms with Gasteiger partial charge in [-0.15, -0.1) is 0 Å². The highest BCUT2D eigenvalue weighted by molar-refractivity contribution is 5.76. The maximum absolute atomic E-state index is 10.5. The topological polar surface area (TPSA) is 74.2 Å². The molecule has 0 spiro atoms. The molecule has 1 N–H and O–H groups in total. The van der Waals surface area contributed by atoms with E-state index in [0.717, 1.165) is 6.29 Å². The third-order valence-corrected chi connectivity index (χ3v) is 3.20. The molecule has 6 heteroatoms. The number of aldehydes is 1. The lowest BCUT2D eigenvalue weighted by Gasteiger charge is -2.13. The van der Waals surface area contributed by atoms with Crippen LogP contribution in [-0.4, -0.2) is 37.8 Å². The molecule has 0 heterocycles. The van der Waals surface area contributed by atoms with Gasteiger partial charge >= 0.3 is 0 Å². The van der Waals surface area contributed by atoms with Crippen LogP contribution < -0.4 is 18.9 Å². The standard InChI is InChI=1S/C11H14O3.C10H14O3/c1-8(2)14-10-5-4-9(7-12)6-11(10)13-3;1-7(2)13-9-5-4-8(11)6-10(9)12-3/h4-8H,1-3H3;4-7,11H,1-3H3. The van der Waals surface area contributed by atoms with Crippen LogP contribution in [-0.2, 0) is 0 Å². The van der Waals surface area contributed by atoms with Crippen molar-refractivity contribution in [1.82, 2.24) is 0 Å². The summed E-state index contributed by atoms with van der Waals surface area (Å²) in [5.74, 6) is 2.62. The quantitative estimate of drug-likeness (QED) is 0.718. The first kappa shape index (κ1) is 22.2. The molecule has 0 unspecified atom stereocenters. The summed E-state index contributed by atoms with van der Waals surface area (Å²) >= 11 is 0. The van der Waals surface area contributed by atoms with E-state index in [0.29, 0.717) is 28.6 Å². The molecule has 0 aliphatic rings. The van der Waals surface area contributed by atoms with Gasteiger partial charge in [-0.3, -0.25) is 4.79 Å². The van der Waals surface area contributed by atoms with Crippen LogP contribution in [0.4, 0.5) is 0 Å². The van der Waals surface area contributed by atoms with Crippen LogP contribution in [0.1, 0.15) is 38.1 Å². The number of hydrogen-bond acceptors (Lipinski definition) is 6. The van der Waals surface area contributed by atoms with E-state index >= 15 is 0 Å². The molecule has 2 aromatic carbocycles. The van der Waals surface area contributed by atoms with E-state index in [-0.39, 0.29) is 18.0 Å². The minimum Gasteiger partial charge on any atom is -0.508 e. The number of carbonyl (C=O) groups is 1. The molecule has 6 nitrogen and oxygen atoms in total. The van der Waals surface area contributed by atoms with Gasteiger partial charge in [-0.25, -0.2) is 0 Å². The number of ether oxygens (including phenoxy) is 4. The average Bonchev–Trinajstić information content (AvgIpc) is 2.63. The summed E-state index contributed by atoms with van der Waals surface area (Å²) in [6, 6.07) is 9.88. The van der Waals surface area contributed by atoms with Crippen molar-refractivity contribution in [2.75, 3.05) is 14.2 Å². The maximum atomic E-state index is 10.5. The summed E-state index contributed by atoms with van der Waals surface area (Å²) in [7, 11) is 3.10. The van der Waals surface area contributed by atoms with Crippen LogP contribution >= 0.6 is 0 Å². The Morgan fingerprint density at radius 2 is 1.26 bits per heavy atom. The predicted octanol–water partition coefficient (Wildman–Crippen LogP) is 4.48. The zero-order valence-electron chi connectivity index (χ0n) is 16.7. The molecule has 0 atom stereocenters. The van der Waals surface area contributed by atoms with Gasteiger partial charge in [0.15, 0.2) is 23.0 Å². The molecule has 0 bridgehead atoms. The lowest BCUT2D eigenvalue weighted by molar-refractivity contribution is 0.112. The van der Waals surface area contributed by atoms with Crippen molar-refractivity contribution in [3.05, 3.63) is 42.0 Å². The van der Waals surface area contributed by atoms with E-state index in [1.165, 1.54) is 6.07 Å². The summed E-state index contributed by atoms with van der Waals surface area (Å²) in [5, 5.41) is 9.17. The third-order valence-electron chi connectivity index (χ3n) is 3.20. The lowest BCUT2D eigenvalue weighted by Crippen LogP contribution is -2.06. The van der Waals surface area contributed by atoms with Crippen LogP contribution in [0, 0.1) is 0 Å². The van der Waals surface area contributed by atoms with E-state index in [2.05, 4.69) is 0 Å². The van der Waals surface area contributed by atoms with E-state index in [1.54, 1.807) is 44.6 Å². The van der Waals surface area contributed by atoms with Gasteiger partial charge in [-0.2, -0.15) is 0 Å². The normalized spacial score (nSPS) is 10.1. The number of benzene rings is 2. The van der Waals surface area contributed by atoms with Crippen molar-refractivity contribution < 1.29 is 28.8 Å². The minimum absolute atomic E-state index is 0.0889. The summed E-state index contributed by atoms with van der Waals surface area (Å²) in [5.41, 5.74) is 0.581. The van der Waals surface area contributed by atoms with E-state index in [1.807, 2.05) is 27.7 Å². The van der Waals surface area contributed by atoms with Crippen LogP contribution in [0.3, 0.4) is 0 Å². The largest absolute Gasteiger partial charge is 0.508 e. The highest BCUT2D eigenvalue weighted by Crippen LogP contribution is 2.31. The summed E-state index contributed by atoms with van der Waals surface area (Å²) < 4.78 is 21.1. The molecule has 0 fully saturated rings. The van der Waals surface area contributed by atoms with Crippen molar-refractivity contribution in [1.29, 1.82) is 0 Å². The number of hydrogen-bond donors (Lipinski definition) is 1. The summed E-state index contributed by atoms with van der Waals surface area (Å²) in [6.07, 6.45) is 0.964. The SMILES string of the molecule is COc1cc(C=O)ccc1OC(C)C.COc1cc(O)ccc1OC(C)C. The number of carbonyl (C=O) groups excluding carboxylic acids is 1. The van der Waals surface area contributed by atoms with Crippen molar-refractivity contribution in [3.8, 4) is 28.7 Å². The molecular weight excluding hydrogens is 348 g/mol. The minimum atomic E-state index is 0.0889. The molecule has 148 valence electrons. The first-order valence-corrected chi connectivity index (χ1v) is 8.64. The average molecular weight is 376 g/mol. The fourth-order valence-electron chi connectivity index (χ4n) is 2.12. The number of phenols is 1. The fraction of sp³-hybridized carbons (Fsp3) is 0.381. The van der Waals surface area contributed by atoms with Crippen molar-refractivity contribution in [3.63, 3.8) is 0 Å². The second-order valence-electron chi connectivity index (χ2n) is 6.20. The first-order chi connectivity index (χ1) is 12.8. The summed E-state index contributed by atoms with van der Waals surface area (Å²) in [4.78, 5) is 10.5. The Balaban J connectivity index is 0.000000271. The van der Waals surface area contributed by atoms with E-state index in [9.17, 15) is 4.79 Å². The van der Waals surface area contributed by atoms with Gasteiger partial charge < -0.3 is 24.1 Å². The number of aromatic hydroxyl groups is 1. The third kappa shape index (κ3) is 7.48. The van der Waals surface area contributed by atoms with Crippen LogP contribution in [0.25, 0.3) is 0 Å². The van der Waals surface area contributed by atoms with Gasteiger partial charge in [0.05, 0.1) is 26.4 Å². The predicted molar refractivity (Wildman–Crippen MR) is 105 cm³/mol. The van der Waals surface area contributed by atoms with Crippen molar-refractivity contribution in [2.45, 2.75) is 39.9 Å². The lowest BCUT2D eigenvalue weighted by atomic mass is 10.2. The molecule has 2 rings (SSSR count). The van der Waals surface area contributed by atoms with Gasteiger partial charge in [0.1, 0.15) is 12.0 Å². The van der Waals surface area contributed by atoms with Crippen molar-refractivity contribution >= 4 is 6.29 Å². The van der Waals surface area contributed by atoms with E-state index < -0.39 is 0 Å². The molecule has 0 saturated heterocycles. The molecule has 0 saturated carbocycles. The molecule has 27 heavy (non-hydrogen) atoms. The highest BCUT2D eigenvalue weighted by Gasteiger charge is 2.07. The first-order valence-electron chi connectivity index (χ1n) is 8.64. The van der Waals surface area contributed by atoms with E-state index in [4.69, 9.17) is 24.1 Å². The van der Waals surface area contributed by atoms with Gasteiger partial charge in [0, 0.05) is 11.6 Å². The number of rotatable bonds is 7. The smallest absolute Gasteiger partial charge is 0.164 e. The Morgan fingerprint density at radius 1 is 0.778 bits per heavy atom. The Labute approximate surface area is 160 Å². The van der Waals surface area contributed by atoms with Gasteiger partial charge in [-0.05, 0) is 58.0 Å².